The highest BCUT2D eigenvalue weighted by Gasteiger charge is 2.25. The minimum atomic E-state index is -0.224. The third-order valence-corrected chi connectivity index (χ3v) is 4.18. The molecule has 0 aromatic carbocycles. The van der Waals surface area contributed by atoms with E-state index >= 15 is 0 Å². The smallest absolute Gasteiger partial charge is 0.222 e. The first kappa shape index (κ1) is 21.5. The second kappa shape index (κ2) is 9.79. The number of nitrogens with zero attached hydrogens (tertiary/aromatic N) is 5. The zero-order valence-electron chi connectivity index (χ0n) is 15.5. The van der Waals surface area contributed by atoms with Crippen LogP contribution in [-0.2, 0) is 11.3 Å². The highest BCUT2D eigenvalue weighted by atomic mass is 127. The van der Waals surface area contributed by atoms with E-state index in [1.807, 2.05) is 50.1 Å². The highest BCUT2D eigenvalue weighted by molar-refractivity contribution is 14.0. The Kier molecular flexibility index (Phi) is 8.40. The molecule has 0 aliphatic carbocycles. The van der Waals surface area contributed by atoms with Gasteiger partial charge in [-0.3, -0.25) is 4.79 Å². The van der Waals surface area contributed by atoms with Gasteiger partial charge < -0.3 is 20.4 Å². The summed E-state index contributed by atoms with van der Waals surface area (Å²) in [5.41, 5.74) is 6.55. The van der Waals surface area contributed by atoms with Gasteiger partial charge in [0.15, 0.2) is 5.96 Å². The standard InChI is InChI=1S/C17H28N6O.HI/c1-21(2)17(22(3)4)20-11-13-7-5-9-19-16(13)23-10-6-8-14(12-23)15(18)24;/h5,7,9,14H,6,8,10-12H2,1-4H3,(H2,18,24);1H. The first-order valence-corrected chi connectivity index (χ1v) is 8.27. The Morgan fingerprint density at radius 1 is 1.36 bits per heavy atom. The molecule has 1 aromatic rings. The molecule has 1 aliphatic rings. The van der Waals surface area contributed by atoms with E-state index in [1.54, 1.807) is 6.20 Å². The van der Waals surface area contributed by atoms with Gasteiger partial charge >= 0.3 is 0 Å². The molecule has 1 aromatic heterocycles. The first-order chi connectivity index (χ1) is 11.4. The number of hydrogen-bond acceptors (Lipinski definition) is 4. The summed E-state index contributed by atoms with van der Waals surface area (Å²) in [7, 11) is 7.91. The Labute approximate surface area is 167 Å². The fourth-order valence-electron chi connectivity index (χ4n) is 3.08. The number of halogens is 1. The lowest BCUT2D eigenvalue weighted by Crippen LogP contribution is -2.42. The summed E-state index contributed by atoms with van der Waals surface area (Å²) in [5, 5.41) is 0. The van der Waals surface area contributed by atoms with Crippen LogP contribution >= 0.6 is 24.0 Å². The van der Waals surface area contributed by atoms with Crippen LogP contribution in [0.15, 0.2) is 23.3 Å². The van der Waals surface area contributed by atoms with Crippen molar-refractivity contribution in [2.75, 3.05) is 46.2 Å². The molecule has 2 rings (SSSR count). The number of rotatable bonds is 4. The number of aliphatic imine (C=N–C) groups is 1. The van der Waals surface area contributed by atoms with E-state index in [9.17, 15) is 4.79 Å². The molecule has 7 nitrogen and oxygen atoms in total. The van der Waals surface area contributed by atoms with Gasteiger partial charge in [-0.25, -0.2) is 9.98 Å². The number of carbonyl (C=O) groups is 1. The van der Waals surface area contributed by atoms with Crippen molar-refractivity contribution in [3.8, 4) is 0 Å². The fourth-order valence-corrected chi connectivity index (χ4v) is 3.08. The van der Waals surface area contributed by atoms with Crippen molar-refractivity contribution in [3.63, 3.8) is 0 Å². The van der Waals surface area contributed by atoms with Gasteiger partial charge in [0.2, 0.25) is 5.91 Å². The molecular formula is C17H29IN6O. The third-order valence-electron chi connectivity index (χ3n) is 4.18. The van der Waals surface area contributed by atoms with Crippen molar-refractivity contribution in [1.82, 2.24) is 14.8 Å². The molecule has 0 radical (unpaired) electrons. The maximum atomic E-state index is 11.5. The lowest BCUT2D eigenvalue weighted by Gasteiger charge is -2.33. The zero-order valence-corrected chi connectivity index (χ0v) is 17.8. The largest absolute Gasteiger partial charge is 0.369 e. The number of carbonyl (C=O) groups excluding carboxylic acids is 1. The second-order valence-electron chi connectivity index (χ2n) is 6.58. The second-order valence-corrected chi connectivity index (χ2v) is 6.58. The maximum absolute atomic E-state index is 11.5. The lowest BCUT2D eigenvalue weighted by molar-refractivity contribution is -0.122. The molecular weight excluding hydrogens is 431 g/mol. The van der Waals surface area contributed by atoms with E-state index < -0.39 is 0 Å². The van der Waals surface area contributed by atoms with Gasteiger partial charge in [0.05, 0.1) is 12.5 Å². The molecule has 140 valence electrons. The number of primary amides is 1. The topological polar surface area (TPSA) is 78.1 Å². The van der Waals surface area contributed by atoms with Crippen LogP contribution < -0.4 is 10.6 Å². The van der Waals surface area contributed by atoms with Crippen LogP contribution in [0.4, 0.5) is 5.82 Å². The van der Waals surface area contributed by atoms with E-state index in [-0.39, 0.29) is 35.8 Å². The molecule has 1 amide bonds. The average Bonchev–Trinajstić information content (AvgIpc) is 2.55. The Morgan fingerprint density at radius 3 is 2.64 bits per heavy atom. The first-order valence-electron chi connectivity index (χ1n) is 8.27. The highest BCUT2D eigenvalue weighted by Crippen LogP contribution is 2.25. The SMILES string of the molecule is CN(C)C(=NCc1cccnc1N1CCCC(C(N)=O)C1)N(C)C.I. The van der Waals surface area contributed by atoms with Crippen LogP contribution in [0.1, 0.15) is 18.4 Å². The van der Waals surface area contributed by atoms with Crippen molar-refractivity contribution in [1.29, 1.82) is 0 Å². The quantitative estimate of drug-likeness (QED) is 0.418. The molecule has 2 heterocycles. The molecule has 1 atom stereocenters. The number of piperidine rings is 1. The summed E-state index contributed by atoms with van der Waals surface area (Å²) < 4.78 is 0. The molecule has 25 heavy (non-hydrogen) atoms. The number of anilines is 1. The number of nitrogens with two attached hydrogens (primary N) is 1. The van der Waals surface area contributed by atoms with Crippen LogP contribution in [0, 0.1) is 5.92 Å². The van der Waals surface area contributed by atoms with Gasteiger partial charge in [-0.05, 0) is 18.9 Å². The number of amides is 1. The van der Waals surface area contributed by atoms with Gasteiger partial charge in [0.25, 0.3) is 0 Å². The average molecular weight is 460 g/mol. The van der Waals surface area contributed by atoms with Crippen LogP contribution in [-0.4, -0.2) is 67.9 Å². The van der Waals surface area contributed by atoms with E-state index in [4.69, 9.17) is 10.7 Å². The Morgan fingerprint density at radius 2 is 2.04 bits per heavy atom. The summed E-state index contributed by atoms with van der Waals surface area (Å²) in [6, 6.07) is 3.97. The van der Waals surface area contributed by atoms with E-state index in [0.717, 1.165) is 36.7 Å². The number of hydrogen-bond donors (Lipinski definition) is 1. The van der Waals surface area contributed by atoms with Crippen molar-refractivity contribution < 1.29 is 4.79 Å². The fraction of sp³-hybridized carbons (Fsp3) is 0.588. The predicted molar refractivity (Wildman–Crippen MR) is 112 cm³/mol. The molecule has 1 fully saturated rings. The van der Waals surface area contributed by atoms with Crippen LogP contribution in [0.25, 0.3) is 0 Å². The maximum Gasteiger partial charge on any atom is 0.222 e. The van der Waals surface area contributed by atoms with Gasteiger partial charge in [-0.15, -0.1) is 24.0 Å². The van der Waals surface area contributed by atoms with Crippen LogP contribution in [0.2, 0.25) is 0 Å². The molecule has 0 bridgehead atoms. The van der Waals surface area contributed by atoms with Gasteiger partial charge in [-0.2, -0.15) is 0 Å². The molecule has 1 saturated heterocycles. The monoisotopic (exact) mass is 460 g/mol. The minimum Gasteiger partial charge on any atom is -0.369 e. The third kappa shape index (κ3) is 5.72. The van der Waals surface area contributed by atoms with Gasteiger partial charge in [0.1, 0.15) is 5.82 Å². The Balaban J connectivity index is 0.00000312. The summed E-state index contributed by atoms with van der Waals surface area (Å²) >= 11 is 0. The van der Waals surface area contributed by atoms with Crippen LogP contribution in [0.3, 0.4) is 0 Å². The summed E-state index contributed by atoms with van der Waals surface area (Å²) in [5.74, 6) is 1.48. The number of aromatic nitrogens is 1. The van der Waals surface area contributed by atoms with Gasteiger partial charge in [-0.1, -0.05) is 6.07 Å². The van der Waals surface area contributed by atoms with E-state index in [0.29, 0.717) is 13.1 Å². The summed E-state index contributed by atoms with van der Waals surface area (Å²) in [6.07, 6.45) is 3.60. The molecule has 8 heteroatoms. The van der Waals surface area contributed by atoms with Crippen molar-refractivity contribution in [2.45, 2.75) is 19.4 Å². The molecule has 1 aliphatic heterocycles. The van der Waals surface area contributed by atoms with E-state index in [1.165, 1.54) is 0 Å². The Hall–Kier alpha value is -1.58. The van der Waals surface area contributed by atoms with Gasteiger partial charge in [0, 0.05) is 53.0 Å². The Bertz CT molecular complexity index is 595. The molecule has 2 N–H and O–H groups in total. The van der Waals surface area contributed by atoms with Crippen molar-refractivity contribution in [3.05, 3.63) is 23.9 Å². The van der Waals surface area contributed by atoms with E-state index in [2.05, 4.69) is 9.88 Å². The molecule has 0 spiro atoms. The van der Waals surface area contributed by atoms with Crippen molar-refractivity contribution >= 4 is 41.7 Å². The number of guanidine groups is 1. The zero-order chi connectivity index (χ0) is 17.7. The van der Waals surface area contributed by atoms with Crippen molar-refractivity contribution in [2.24, 2.45) is 16.6 Å². The number of pyridine rings is 1. The predicted octanol–water partition coefficient (Wildman–Crippen LogP) is 1.38. The lowest BCUT2D eigenvalue weighted by atomic mass is 9.97. The van der Waals surface area contributed by atoms with Crippen LogP contribution in [0.5, 0.6) is 0 Å². The summed E-state index contributed by atoms with van der Waals surface area (Å²) in [4.78, 5) is 26.9. The molecule has 1 unspecified atom stereocenters. The summed E-state index contributed by atoms with van der Waals surface area (Å²) in [6.45, 7) is 2.08. The minimum absolute atomic E-state index is 0. The normalized spacial score (nSPS) is 16.6. The molecule has 0 saturated carbocycles.